The zero-order valence-electron chi connectivity index (χ0n) is 14.2. The number of nitrogens with one attached hydrogen (secondary N) is 2. The van der Waals surface area contributed by atoms with Gasteiger partial charge in [-0.3, -0.25) is 14.5 Å². The predicted molar refractivity (Wildman–Crippen MR) is 96.0 cm³/mol. The summed E-state index contributed by atoms with van der Waals surface area (Å²) in [5, 5.41) is 7.03. The van der Waals surface area contributed by atoms with Crippen molar-refractivity contribution < 1.29 is 18.4 Å². The highest BCUT2D eigenvalue weighted by molar-refractivity contribution is 7.10. The van der Waals surface area contributed by atoms with Gasteiger partial charge in [-0.05, 0) is 42.5 Å². The first-order valence-electron chi connectivity index (χ1n) is 8.26. The molecule has 0 saturated heterocycles. The second-order valence-corrected chi connectivity index (χ2v) is 7.15. The Labute approximate surface area is 154 Å². The molecule has 1 unspecified atom stereocenters. The number of rotatable bonds is 5. The first-order valence-corrected chi connectivity index (χ1v) is 9.14. The van der Waals surface area contributed by atoms with E-state index in [1.807, 2.05) is 0 Å². The number of fused-ring (bicyclic) bond motifs is 1. The number of benzene rings is 1. The van der Waals surface area contributed by atoms with Gasteiger partial charge >= 0.3 is 0 Å². The molecule has 1 atom stereocenters. The Kier molecular flexibility index (Phi) is 5.63. The first-order chi connectivity index (χ1) is 12.4. The van der Waals surface area contributed by atoms with Gasteiger partial charge in [0.05, 0.1) is 13.1 Å². The lowest BCUT2D eigenvalue weighted by atomic mass is 10.0. The van der Waals surface area contributed by atoms with E-state index in [0.717, 1.165) is 25.1 Å². The molecule has 2 N–H and O–H groups in total. The van der Waals surface area contributed by atoms with Crippen LogP contribution in [-0.2, 0) is 16.0 Å². The highest BCUT2D eigenvalue weighted by Crippen LogP contribution is 2.32. The van der Waals surface area contributed by atoms with Crippen LogP contribution >= 0.6 is 11.3 Å². The molecule has 2 heterocycles. The van der Waals surface area contributed by atoms with Gasteiger partial charge in [-0.1, -0.05) is 0 Å². The standard InChI is InChI=1S/C18H19F2N3O2S/c1-11-13-5-7-26-16(13)4-6-23(11)10-18(25)21-9-17(24)22-12-2-3-14(19)15(20)8-12/h2-3,5,7-8,11H,4,6,9-10H2,1H3,(H,21,25)(H,22,24). The summed E-state index contributed by atoms with van der Waals surface area (Å²) in [6.45, 7) is 2.83. The monoisotopic (exact) mass is 379 g/mol. The fraction of sp³-hybridized carbons (Fsp3) is 0.333. The third-order valence-corrected chi connectivity index (χ3v) is 5.40. The van der Waals surface area contributed by atoms with Crippen LogP contribution in [0.5, 0.6) is 0 Å². The van der Waals surface area contributed by atoms with Crippen LogP contribution in [0.25, 0.3) is 0 Å². The van der Waals surface area contributed by atoms with E-state index in [1.165, 1.54) is 16.5 Å². The summed E-state index contributed by atoms with van der Waals surface area (Å²) >= 11 is 1.74. The van der Waals surface area contributed by atoms with Gasteiger partial charge < -0.3 is 10.6 Å². The summed E-state index contributed by atoms with van der Waals surface area (Å²) in [6.07, 6.45) is 0.918. The van der Waals surface area contributed by atoms with Crippen LogP contribution in [0.4, 0.5) is 14.5 Å². The van der Waals surface area contributed by atoms with E-state index in [0.29, 0.717) is 0 Å². The van der Waals surface area contributed by atoms with Crippen LogP contribution in [0.15, 0.2) is 29.6 Å². The fourth-order valence-electron chi connectivity index (χ4n) is 2.98. The van der Waals surface area contributed by atoms with Crippen LogP contribution in [0, 0.1) is 11.6 Å². The summed E-state index contributed by atoms with van der Waals surface area (Å²) < 4.78 is 26.0. The second kappa shape index (κ2) is 7.92. The van der Waals surface area contributed by atoms with Crippen molar-refractivity contribution in [2.45, 2.75) is 19.4 Å². The Morgan fingerprint density at radius 3 is 2.81 bits per heavy atom. The molecule has 1 aromatic carbocycles. The molecule has 2 aromatic rings. The van der Waals surface area contributed by atoms with Gasteiger partial charge in [0.1, 0.15) is 0 Å². The fourth-order valence-corrected chi connectivity index (χ4v) is 3.94. The number of anilines is 1. The Bertz CT molecular complexity index is 825. The van der Waals surface area contributed by atoms with Crippen molar-refractivity contribution in [3.05, 3.63) is 51.7 Å². The van der Waals surface area contributed by atoms with Crippen LogP contribution in [0.2, 0.25) is 0 Å². The number of amides is 2. The molecule has 0 radical (unpaired) electrons. The number of carbonyl (C=O) groups is 2. The molecule has 1 aliphatic heterocycles. The third-order valence-electron chi connectivity index (χ3n) is 4.40. The van der Waals surface area contributed by atoms with Crippen molar-refractivity contribution in [1.29, 1.82) is 0 Å². The quantitative estimate of drug-likeness (QED) is 0.840. The summed E-state index contributed by atoms with van der Waals surface area (Å²) in [5.74, 6) is -2.79. The predicted octanol–water partition coefficient (Wildman–Crippen LogP) is 2.70. The van der Waals surface area contributed by atoms with Crippen molar-refractivity contribution in [3.63, 3.8) is 0 Å². The van der Waals surface area contributed by atoms with Gasteiger partial charge in [0, 0.05) is 29.2 Å². The minimum absolute atomic E-state index is 0.137. The average Bonchev–Trinajstić information content (AvgIpc) is 3.08. The zero-order valence-corrected chi connectivity index (χ0v) is 15.0. The minimum Gasteiger partial charge on any atom is -0.346 e. The second-order valence-electron chi connectivity index (χ2n) is 6.15. The van der Waals surface area contributed by atoms with Gasteiger partial charge in [0.25, 0.3) is 0 Å². The maximum absolute atomic E-state index is 13.1. The maximum atomic E-state index is 13.1. The van der Waals surface area contributed by atoms with Gasteiger partial charge in [-0.25, -0.2) is 8.78 Å². The minimum atomic E-state index is -1.04. The topological polar surface area (TPSA) is 61.4 Å². The number of hydrogen-bond acceptors (Lipinski definition) is 4. The normalized spacial score (nSPS) is 16.8. The summed E-state index contributed by atoms with van der Waals surface area (Å²) in [7, 11) is 0. The molecule has 1 aromatic heterocycles. The molecule has 2 amide bonds. The van der Waals surface area contributed by atoms with E-state index in [9.17, 15) is 18.4 Å². The molecule has 0 spiro atoms. The molecule has 26 heavy (non-hydrogen) atoms. The van der Waals surface area contributed by atoms with Crippen LogP contribution < -0.4 is 10.6 Å². The van der Waals surface area contributed by atoms with Crippen LogP contribution in [0.3, 0.4) is 0 Å². The van der Waals surface area contributed by atoms with Gasteiger partial charge in [-0.2, -0.15) is 0 Å². The molecular formula is C18H19F2N3O2S. The number of hydrogen-bond donors (Lipinski definition) is 2. The van der Waals surface area contributed by atoms with Crippen molar-refractivity contribution >= 4 is 28.8 Å². The lowest BCUT2D eigenvalue weighted by molar-refractivity contribution is -0.125. The SMILES string of the molecule is CC1c2ccsc2CCN1CC(=O)NCC(=O)Nc1ccc(F)c(F)c1. The first kappa shape index (κ1) is 18.5. The van der Waals surface area contributed by atoms with E-state index < -0.39 is 17.5 Å². The zero-order chi connectivity index (χ0) is 18.7. The highest BCUT2D eigenvalue weighted by Gasteiger charge is 2.26. The van der Waals surface area contributed by atoms with Crippen molar-refractivity contribution in [3.8, 4) is 0 Å². The highest BCUT2D eigenvalue weighted by atomic mass is 32.1. The third kappa shape index (κ3) is 4.25. The van der Waals surface area contributed by atoms with Gasteiger partial charge in [0.15, 0.2) is 11.6 Å². The Morgan fingerprint density at radius 2 is 2.04 bits per heavy atom. The van der Waals surface area contributed by atoms with E-state index in [1.54, 1.807) is 11.3 Å². The Hall–Kier alpha value is -2.32. The molecule has 0 saturated carbocycles. The molecule has 0 aliphatic carbocycles. The molecular weight excluding hydrogens is 360 g/mol. The van der Waals surface area contributed by atoms with Crippen molar-refractivity contribution in [1.82, 2.24) is 10.2 Å². The number of carbonyl (C=O) groups excluding carboxylic acids is 2. The molecule has 3 rings (SSSR count). The molecule has 138 valence electrons. The van der Waals surface area contributed by atoms with E-state index in [2.05, 4.69) is 33.9 Å². The maximum Gasteiger partial charge on any atom is 0.243 e. The smallest absolute Gasteiger partial charge is 0.243 e. The van der Waals surface area contributed by atoms with E-state index in [-0.39, 0.29) is 30.7 Å². The lowest BCUT2D eigenvalue weighted by Crippen LogP contribution is -2.43. The molecule has 5 nitrogen and oxygen atoms in total. The van der Waals surface area contributed by atoms with Crippen LogP contribution in [0.1, 0.15) is 23.4 Å². The average molecular weight is 379 g/mol. The Morgan fingerprint density at radius 1 is 1.23 bits per heavy atom. The number of thiophene rings is 1. The molecule has 0 fully saturated rings. The summed E-state index contributed by atoms with van der Waals surface area (Å²) in [5.41, 5.74) is 1.39. The molecule has 8 heteroatoms. The molecule has 0 bridgehead atoms. The lowest BCUT2D eigenvalue weighted by Gasteiger charge is -2.32. The summed E-state index contributed by atoms with van der Waals surface area (Å²) in [4.78, 5) is 27.4. The van der Waals surface area contributed by atoms with Crippen LogP contribution in [-0.4, -0.2) is 36.3 Å². The Balaban J connectivity index is 1.46. The van der Waals surface area contributed by atoms with E-state index >= 15 is 0 Å². The van der Waals surface area contributed by atoms with Gasteiger partial charge in [0.2, 0.25) is 11.8 Å². The largest absolute Gasteiger partial charge is 0.346 e. The number of nitrogens with zero attached hydrogens (tertiary/aromatic N) is 1. The van der Waals surface area contributed by atoms with Gasteiger partial charge in [-0.15, -0.1) is 11.3 Å². The summed E-state index contributed by atoms with van der Waals surface area (Å²) in [6, 6.07) is 5.32. The van der Waals surface area contributed by atoms with Crippen molar-refractivity contribution in [2.75, 3.05) is 25.0 Å². The number of halogens is 2. The molecule has 1 aliphatic rings. The van der Waals surface area contributed by atoms with E-state index in [4.69, 9.17) is 0 Å². The van der Waals surface area contributed by atoms with Crippen molar-refractivity contribution in [2.24, 2.45) is 0 Å².